The van der Waals surface area contributed by atoms with Crippen LogP contribution in [-0.4, -0.2) is 27.8 Å². The van der Waals surface area contributed by atoms with Crippen LogP contribution in [0.5, 0.6) is 5.75 Å². The van der Waals surface area contributed by atoms with Crippen molar-refractivity contribution in [2.24, 2.45) is 0 Å². The lowest BCUT2D eigenvalue weighted by molar-refractivity contribution is -0.123. The smallest absolute Gasteiger partial charge is 0.285 e. The molecule has 144 valence electrons. The molecule has 0 aromatic heterocycles. The van der Waals surface area contributed by atoms with Crippen LogP contribution >= 0.6 is 35.6 Å². The van der Waals surface area contributed by atoms with Crippen molar-refractivity contribution >= 4 is 57.8 Å². The number of thiocarbonyl (C=S) groups is 1. The first kappa shape index (κ1) is 20.4. The molecule has 1 N–H and O–H groups in total. The van der Waals surface area contributed by atoms with Gasteiger partial charge in [-0.2, -0.15) is 5.01 Å². The highest BCUT2D eigenvalue weighted by Gasteiger charge is 2.34. The fourth-order valence-corrected chi connectivity index (χ4v) is 4.04. The van der Waals surface area contributed by atoms with Crippen LogP contribution in [0.3, 0.4) is 0 Å². The Balaban J connectivity index is 1.78. The zero-order valence-electron chi connectivity index (χ0n) is 15.2. The lowest BCUT2D eigenvalue weighted by Gasteiger charge is -2.16. The predicted molar refractivity (Wildman–Crippen MR) is 116 cm³/mol. The van der Waals surface area contributed by atoms with E-state index in [2.05, 4.69) is 5.43 Å². The van der Waals surface area contributed by atoms with Gasteiger partial charge in [-0.05, 0) is 67.5 Å². The van der Waals surface area contributed by atoms with Gasteiger partial charge < -0.3 is 4.74 Å². The fourth-order valence-electron chi connectivity index (χ4n) is 2.54. The molecule has 1 heterocycles. The molecule has 0 radical (unpaired) electrons. The number of carbonyl (C=O) groups is 2. The topological polar surface area (TPSA) is 58.6 Å². The van der Waals surface area contributed by atoms with Crippen molar-refractivity contribution < 1.29 is 14.3 Å². The van der Waals surface area contributed by atoms with Gasteiger partial charge in [0.1, 0.15) is 5.75 Å². The number of thioether (sulfide) groups is 1. The van der Waals surface area contributed by atoms with Gasteiger partial charge >= 0.3 is 0 Å². The third-order valence-electron chi connectivity index (χ3n) is 3.84. The van der Waals surface area contributed by atoms with Crippen molar-refractivity contribution in [1.82, 2.24) is 10.4 Å². The first-order valence-corrected chi connectivity index (χ1v) is 10.1. The van der Waals surface area contributed by atoms with Crippen LogP contribution in [0.4, 0.5) is 0 Å². The number of nitrogens with zero attached hydrogens (tertiary/aromatic N) is 1. The monoisotopic (exact) mass is 432 g/mol. The number of carbonyl (C=O) groups excluding carboxylic acids is 2. The van der Waals surface area contributed by atoms with E-state index in [4.69, 9.17) is 28.6 Å². The molecule has 28 heavy (non-hydrogen) atoms. The first-order valence-electron chi connectivity index (χ1n) is 8.47. The van der Waals surface area contributed by atoms with Crippen molar-refractivity contribution in [3.63, 3.8) is 0 Å². The number of benzene rings is 2. The average molecular weight is 433 g/mol. The number of nitrogens with one attached hydrogen (secondary N) is 1. The summed E-state index contributed by atoms with van der Waals surface area (Å²) in [5.41, 5.74) is 4.55. The summed E-state index contributed by atoms with van der Waals surface area (Å²) in [6, 6.07) is 12.5. The molecule has 1 aliphatic rings. The van der Waals surface area contributed by atoms with Gasteiger partial charge in [-0.1, -0.05) is 41.6 Å². The Bertz CT molecular complexity index is 991. The van der Waals surface area contributed by atoms with Crippen LogP contribution in [0, 0.1) is 6.92 Å². The van der Waals surface area contributed by atoms with E-state index in [9.17, 15) is 9.59 Å². The summed E-state index contributed by atoms with van der Waals surface area (Å²) >= 11 is 12.5. The molecule has 0 unspecified atom stereocenters. The molecular weight excluding hydrogens is 416 g/mol. The fraction of sp³-hybridized carbons (Fsp3) is 0.150. The van der Waals surface area contributed by atoms with Crippen molar-refractivity contribution in [3.8, 4) is 5.75 Å². The molecule has 0 saturated carbocycles. The van der Waals surface area contributed by atoms with Crippen LogP contribution in [0.15, 0.2) is 47.4 Å². The molecule has 3 rings (SSSR count). The molecule has 0 bridgehead atoms. The van der Waals surface area contributed by atoms with Crippen LogP contribution in [0.1, 0.15) is 28.4 Å². The van der Waals surface area contributed by atoms with E-state index in [0.29, 0.717) is 22.3 Å². The van der Waals surface area contributed by atoms with Crippen molar-refractivity contribution in [2.45, 2.75) is 13.8 Å². The van der Waals surface area contributed by atoms with E-state index in [1.54, 1.807) is 24.3 Å². The minimum atomic E-state index is -0.499. The van der Waals surface area contributed by atoms with E-state index in [-0.39, 0.29) is 9.88 Å². The number of halogens is 1. The number of amides is 2. The molecule has 0 aliphatic carbocycles. The molecule has 1 fully saturated rings. The van der Waals surface area contributed by atoms with E-state index in [1.807, 2.05) is 38.1 Å². The van der Waals surface area contributed by atoms with Crippen LogP contribution < -0.4 is 10.2 Å². The lowest BCUT2D eigenvalue weighted by Crippen LogP contribution is -2.44. The summed E-state index contributed by atoms with van der Waals surface area (Å²) in [6.45, 7) is 4.33. The summed E-state index contributed by atoms with van der Waals surface area (Å²) in [7, 11) is 0. The molecule has 1 saturated heterocycles. The molecule has 0 spiro atoms. The number of hydrogen-bond donors (Lipinski definition) is 1. The second-order valence-corrected chi connectivity index (χ2v) is 8.03. The maximum Gasteiger partial charge on any atom is 0.285 e. The Morgan fingerprint density at radius 1 is 1.32 bits per heavy atom. The van der Waals surface area contributed by atoms with Gasteiger partial charge in [-0.15, -0.1) is 0 Å². The van der Waals surface area contributed by atoms with Crippen LogP contribution in [0.2, 0.25) is 5.02 Å². The molecule has 8 heteroatoms. The SMILES string of the molecule is CCOc1cccc(/C=C2\SC(=S)N(NC(=O)c3ccc(C)cc3Cl)C2=O)c1. The molecular formula is C20H17ClN2O3S2. The molecule has 2 aromatic carbocycles. The third-order valence-corrected chi connectivity index (χ3v) is 5.46. The Morgan fingerprint density at radius 3 is 2.82 bits per heavy atom. The molecule has 2 amide bonds. The van der Waals surface area contributed by atoms with Gasteiger partial charge in [0.2, 0.25) is 0 Å². The largest absolute Gasteiger partial charge is 0.494 e. The average Bonchev–Trinajstić information content (AvgIpc) is 2.89. The minimum absolute atomic E-state index is 0.244. The predicted octanol–water partition coefficient (Wildman–Crippen LogP) is 4.59. The first-order chi connectivity index (χ1) is 13.4. The molecule has 1 aliphatic heterocycles. The van der Waals surface area contributed by atoms with Crippen molar-refractivity contribution in [2.75, 3.05) is 6.61 Å². The number of aryl methyl sites for hydroxylation is 1. The van der Waals surface area contributed by atoms with Gasteiger partial charge in [0, 0.05) is 0 Å². The summed E-state index contributed by atoms with van der Waals surface area (Å²) in [6.07, 6.45) is 1.72. The van der Waals surface area contributed by atoms with E-state index < -0.39 is 11.8 Å². The van der Waals surface area contributed by atoms with Crippen molar-refractivity contribution in [3.05, 3.63) is 69.1 Å². The number of ether oxygens (including phenoxy) is 1. The Morgan fingerprint density at radius 2 is 2.11 bits per heavy atom. The highest BCUT2D eigenvalue weighted by atomic mass is 35.5. The highest BCUT2D eigenvalue weighted by molar-refractivity contribution is 8.26. The lowest BCUT2D eigenvalue weighted by atomic mass is 10.1. The Labute approximate surface area is 177 Å². The van der Waals surface area contributed by atoms with Gasteiger partial charge in [0.05, 0.1) is 22.1 Å². The van der Waals surface area contributed by atoms with Gasteiger partial charge in [0.25, 0.3) is 11.8 Å². The second-order valence-electron chi connectivity index (χ2n) is 5.95. The van der Waals surface area contributed by atoms with Crippen LogP contribution in [0.25, 0.3) is 6.08 Å². The summed E-state index contributed by atoms with van der Waals surface area (Å²) in [5.74, 6) is -0.177. The van der Waals surface area contributed by atoms with Crippen molar-refractivity contribution in [1.29, 1.82) is 0 Å². The number of hydrogen-bond acceptors (Lipinski definition) is 5. The number of rotatable bonds is 5. The summed E-state index contributed by atoms with van der Waals surface area (Å²) < 4.78 is 5.72. The highest BCUT2D eigenvalue weighted by Crippen LogP contribution is 2.32. The Kier molecular flexibility index (Phi) is 6.39. The third kappa shape index (κ3) is 4.55. The van der Waals surface area contributed by atoms with Crippen LogP contribution in [-0.2, 0) is 4.79 Å². The molecule has 0 atom stereocenters. The Hall–Kier alpha value is -2.35. The summed E-state index contributed by atoms with van der Waals surface area (Å²) in [4.78, 5) is 25.6. The van der Waals surface area contributed by atoms with Gasteiger partial charge in [0.15, 0.2) is 4.32 Å². The molecule has 5 nitrogen and oxygen atoms in total. The second kappa shape index (κ2) is 8.77. The van der Waals surface area contributed by atoms with Gasteiger partial charge in [-0.25, -0.2) is 0 Å². The standard InChI is InChI=1S/C20H17ClN2O3S2/c1-3-26-14-6-4-5-13(10-14)11-17-19(25)23(20(27)28-17)22-18(24)15-8-7-12(2)9-16(15)21/h4-11H,3H2,1-2H3,(H,22,24)/b17-11-. The minimum Gasteiger partial charge on any atom is -0.494 e. The molecule has 2 aromatic rings. The van der Waals surface area contributed by atoms with Gasteiger partial charge in [-0.3, -0.25) is 15.0 Å². The zero-order chi connectivity index (χ0) is 20.3. The maximum absolute atomic E-state index is 12.7. The normalized spacial score (nSPS) is 15.2. The maximum atomic E-state index is 12.7. The summed E-state index contributed by atoms with van der Waals surface area (Å²) in [5, 5.41) is 1.38. The van der Waals surface area contributed by atoms with E-state index >= 15 is 0 Å². The zero-order valence-corrected chi connectivity index (χ0v) is 17.6. The quantitative estimate of drug-likeness (QED) is 0.553. The van der Waals surface area contributed by atoms with E-state index in [0.717, 1.165) is 27.9 Å². The number of hydrazine groups is 1. The van der Waals surface area contributed by atoms with E-state index in [1.165, 1.54) is 0 Å².